The number of allylic oxidation sites excluding steroid dienone is 1. The summed E-state index contributed by atoms with van der Waals surface area (Å²) in [4.78, 5) is 0. The van der Waals surface area contributed by atoms with E-state index in [0.717, 1.165) is 35.1 Å². The fourth-order valence-electron chi connectivity index (χ4n) is 3.56. The molecule has 0 aliphatic heterocycles. The van der Waals surface area contributed by atoms with E-state index >= 15 is 0 Å². The van der Waals surface area contributed by atoms with E-state index in [-0.39, 0.29) is 12.4 Å². The number of aliphatic hydroxyl groups excluding tert-OH is 1. The van der Waals surface area contributed by atoms with Crippen molar-refractivity contribution in [3.05, 3.63) is 95.8 Å². The minimum atomic E-state index is -0.225. The molecule has 0 atom stereocenters. The fourth-order valence-corrected chi connectivity index (χ4v) is 3.56. The molecule has 0 aromatic heterocycles. The Balaban J connectivity index is 1.79. The third-order valence-corrected chi connectivity index (χ3v) is 5.16. The highest BCUT2D eigenvalue weighted by molar-refractivity contribution is 5.71. The molecular weight excluding hydrogens is 375 g/mol. The maximum Gasteiger partial charge on any atom is 0.131 e. The predicted molar refractivity (Wildman–Crippen MR) is 122 cm³/mol. The first-order chi connectivity index (χ1) is 14.7. The van der Waals surface area contributed by atoms with Gasteiger partial charge >= 0.3 is 0 Å². The van der Waals surface area contributed by atoms with Crippen molar-refractivity contribution >= 4 is 0 Å². The minimum absolute atomic E-state index is 0.116. The first-order valence-electron chi connectivity index (χ1n) is 10.5. The second-order valence-electron chi connectivity index (χ2n) is 7.27. The molecule has 0 radical (unpaired) electrons. The zero-order valence-corrected chi connectivity index (χ0v) is 17.5. The van der Waals surface area contributed by atoms with Crippen LogP contribution < -0.4 is 0 Å². The van der Waals surface area contributed by atoms with Gasteiger partial charge in [0.05, 0.1) is 6.61 Å². The van der Waals surface area contributed by atoms with Crippen LogP contribution in [0.3, 0.4) is 0 Å². The lowest BCUT2D eigenvalue weighted by atomic mass is 9.94. The molecule has 3 aromatic carbocycles. The number of halogens is 1. The van der Waals surface area contributed by atoms with Crippen molar-refractivity contribution in [2.75, 3.05) is 19.8 Å². The van der Waals surface area contributed by atoms with Crippen LogP contribution in [0.5, 0.6) is 0 Å². The van der Waals surface area contributed by atoms with Crippen LogP contribution in [0.2, 0.25) is 0 Å². The maximum atomic E-state index is 14.8. The van der Waals surface area contributed by atoms with Crippen molar-refractivity contribution in [3.63, 3.8) is 0 Å². The van der Waals surface area contributed by atoms with Crippen LogP contribution in [0.1, 0.15) is 24.5 Å². The summed E-state index contributed by atoms with van der Waals surface area (Å²) in [5.74, 6) is -0.225. The van der Waals surface area contributed by atoms with E-state index in [1.807, 2.05) is 73.7 Å². The lowest BCUT2D eigenvalue weighted by Gasteiger charge is -2.13. The Morgan fingerprint density at radius 2 is 1.63 bits per heavy atom. The number of hydrogen-bond donors (Lipinski definition) is 1. The SMILES string of the molecule is C/C=C/COCCCc1cc(-c2ccc(-c3ccccc3)c(F)c2)ccc1CCO. The van der Waals surface area contributed by atoms with Crippen LogP contribution in [0, 0.1) is 5.82 Å². The van der Waals surface area contributed by atoms with Gasteiger partial charge in [0.25, 0.3) is 0 Å². The van der Waals surface area contributed by atoms with Crippen molar-refractivity contribution in [1.29, 1.82) is 0 Å². The summed E-state index contributed by atoms with van der Waals surface area (Å²) in [6, 6.07) is 21.2. The highest BCUT2D eigenvalue weighted by atomic mass is 19.1. The molecule has 3 rings (SSSR count). The van der Waals surface area contributed by atoms with Crippen LogP contribution in [-0.2, 0) is 17.6 Å². The normalized spacial score (nSPS) is 11.3. The van der Waals surface area contributed by atoms with Gasteiger partial charge in [0.15, 0.2) is 0 Å². The largest absolute Gasteiger partial charge is 0.396 e. The third-order valence-electron chi connectivity index (χ3n) is 5.16. The molecule has 0 bridgehead atoms. The van der Waals surface area contributed by atoms with E-state index < -0.39 is 0 Å². The van der Waals surface area contributed by atoms with E-state index in [1.54, 1.807) is 6.07 Å². The van der Waals surface area contributed by atoms with Crippen molar-refractivity contribution in [2.24, 2.45) is 0 Å². The first-order valence-corrected chi connectivity index (χ1v) is 10.5. The second kappa shape index (κ2) is 11.4. The Morgan fingerprint density at radius 1 is 0.867 bits per heavy atom. The smallest absolute Gasteiger partial charge is 0.131 e. The van der Waals surface area contributed by atoms with E-state index in [2.05, 4.69) is 6.07 Å². The topological polar surface area (TPSA) is 29.5 Å². The molecule has 0 fully saturated rings. The van der Waals surface area contributed by atoms with Crippen LogP contribution in [-0.4, -0.2) is 24.9 Å². The van der Waals surface area contributed by atoms with Gasteiger partial charge in [-0.15, -0.1) is 0 Å². The Bertz CT molecular complexity index is 964. The predicted octanol–water partition coefficient (Wildman–Crippen LogP) is 6.22. The molecule has 2 nitrogen and oxygen atoms in total. The molecular formula is C27H29FO2. The van der Waals surface area contributed by atoms with Crippen LogP contribution in [0.25, 0.3) is 22.3 Å². The number of aliphatic hydroxyl groups is 1. The summed E-state index contributed by atoms with van der Waals surface area (Å²) in [5, 5.41) is 9.39. The van der Waals surface area contributed by atoms with Gasteiger partial charge in [0.1, 0.15) is 5.82 Å². The van der Waals surface area contributed by atoms with Crippen molar-refractivity contribution in [3.8, 4) is 22.3 Å². The average Bonchev–Trinajstić information content (AvgIpc) is 2.78. The molecule has 0 unspecified atom stereocenters. The molecule has 30 heavy (non-hydrogen) atoms. The quantitative estimate of drug-likeness (QED) is 0.321. The van der Waals surface area contributed by atoms with Gasteiger partial charge in [-0.3, -0.25) is 0 Å². The van der Waals surface area contributed by atoms with Crippen molar-refractivity contribution < 1.29 is 14.2 Å². The van der Waals surface area contributed by atoms with Gasteiger partial charge in [-0.05, 0) is 60.1 Å². The lowest BCUT2D eigenvalue weighted by Crippen LogP contribution is -2.02. The summed E-state index contributed by atoms with van der Waals surface area (Å²) < 4.78 is 20.4. The van der Waals surface area contributed by atoms with Crippen molar-refractivity contribution in [1.82, 2.24) is 0 Å². The molecule has 156 valence electrons. The zero-order chi connectivity index (χ0) is 21.2. The molecule has 0 aliphatic rings. The number of hydrogen-bond acceptors (Lipinski definition) is 2. The highest BCUT2D eigenvalue weighted by Gasteiger charge is 2.10. The van der Waals surface area contributed by atoms with Crippen LogP contribution in [0.4, 0.5) is 4.39 Å². The first kappa shape index (κ1) is 21.9. The Kier molecular flexibility index (Phi) is 8.37. The van der Waals surface area contributed by atoms with E-state index in [1.165, 1.54) is 5.56 Å². The minimum Gasteiger partial charge on any atom is -0.396 e. The van der Waals surface area contributed by atoms with Gasteiger partial charge in [0, 0.05) is 18.8 Å². The number of benzene rings is 3. The van der Waals surface area contributed by atoms with Crippen LogP contribution in [0.15, 0.2) is 78.9 Å². The summed E-state index contributed by atoms with van der Waals surface area (Å²) in [5.41, 5.74) is 5.64. The van der Waals surface area contributed by atoms with Gasteiger partial charge in [-0.1, -0.05) is 72.8 Å². The molecule has 0 saturated heterocycles. The molecule has 0 spiro atoms. The Morgan fingerprint density at radius 3 is 2.37 bits per heavy atom. The average molecular weight is 405 g/mol. The Labute approximate surface area is 178 Å². The van der Waals surface area contributed by atoms with Gasteiger partial charge in [-0.25, -0.2) is 4.39 Å². The third kappa shape index (κ3) is 5.88. The number of ether oxygens (including phenoxy) is 1. The standard InChI is InChI=1S/C27H29FO2/c1-2-3-17-30-18-7-10-23-19-24(12-11-21(23)15-16-29)25-13-14-26(27(28)20-25)22-8-5-4-6-9-22/h2-6,8-9,11-14,19-20,29H,7,10,15-18H2,1H3/b3-2+. The summed E-state index contributed by atoms with van der Waals surface area (Å²) in [6.07, 6.45) is 6.36. The van der Waals surface area contributed by atoms with E-state index in [9.17, 15) is 9.50 Å². The monoisotopic (exact) mass is 404 g/mol. The molecule has 0 amide bonds. The number of aryl methyl sites for hydroxylation is 1. The molecule has 3 heteroatoms. The van der Waals surface area contributed by atoms with Gasteiger partial charge in [-0.2, -0.15) is 0 Å². The van der Waals surface area contributed by atoms with Crippen LogP contribution >= 0.6 is 0 Å². The summed E-state index contributed by atoms with van der Waals surface area (Å²) >= 11 is 0. The van der Waals surface area contributed by atoms with Crippen molar-refractivity contribution in [2.45, 2.75) is 26.2 Å². The zero-order valence-electron chi connectivity index (χ0n) is 17.5. The summed E-state index contributed by atoms with van der Waals surface area (Å²) in [6.45, 7) is 3.41. The molecule has 0 saturated carbocycles. The van der Waals surface area contributed by atoms with E-state index in [4.69, 9.17) is 4.74 Å². The van der Waals surface area contributed by atoms with E-state index in [0.29, 0.717) is 25.2 Å². The maximum absolute atomic E-state index is 14.8. The van der Waals surface area contributed by atoms with Gasteiger partial charge in [0.2, 0.25) is 0 Å². The second-order valence-corrected chi connectivity index (χ2v) is 7.27. The number of rotatable bonds is 10. The highest BCUT2D eigenvalue weighted by Crippen LogP contribution is 2.29. The summed E-state index contributed by atoms with van der Waals surface area (Å²) in [7, 11) is 0. The fraction of sp³-hybridized carbons (Fsp3) is 0.259. The lowest BCUT2D eigenvalue weighted by molar-refractivity contribution is 0.159. The molecule has 0 aliphatic carbocycles. The molecule has 1 N–H and O–H groups in total. The molecule has 0 heterocycles. The Hall–Kier alpha value is -2.75. The van der Waals surface area contributed by atoms with Gasteiger partial charge < -0.3 is 9.84 Å². The molecule has 3 aromatic rings.